The molecule has 3 aromatic rings. The highest BCUT2D eigenvalue weighted by molar-refractivity contribution is 5.94. The van der Waals surface area contributed by atoms with Gasteiger partial charge in [-0.05, 0) is 32.0 Å². The normalized spacial score (nSPS) is 19.4. The number of carbonyl (C=O) groups excluding carboxylic acids is 1. The number of halogens is 1. The fraction of sp³-hybridized carbons (Fsp3) is 0.318. The molecule has 0 bridgehead atoms. The van der Waals surface area contributed by atoms with Crippen LogP contribution in [-0.2, 0) is 11.8 Å². The Morgan fingerprint density at radius 3 is 2.41 bits per heavy atom. The van der Waals surface area contributed by atoms with Crippen LogP contribution in [0.3, 0.4) is 0 Å². The molecule has 0 radical (unpaired) electrons. The second-order valence-corrected chi connectivity index (χ2v) is 7.50. The fourth-order valence-corrected chi connectivity index (χ4v) is 3.69. The van der Waals surface area contributed by atoms with E-state index < -0.39 is 0 Å². The Bertz CT molecular complexity index is 1020. The SMILES string of the molecule is C[C@@H]1CN(C(=O)c2cc(-c3cnc(-c4cccc(F)c4)nc3)cn2C)C[C@@H](C)O1. The number of hydrogen-bond donors (Lipinski definition) is 0. The van der Waals surface area contributed by atoms with Crippen LogP contribution in [0.25, 0.3) is 22.5 Å². The highest BCUT2D eigenvalue weighted by Crippen LogP contribution is 2.24. The monoisotopic (exact) mass is 394 g/mol. The van der Waals surface area contributed by atoms with Gasteiger partial charge >= 0.3 is 0 Å². The molecule has 7 heteroatoms. The molecule has 0 saturated carbocycles. The molecule has 0 aliphatic carbocycles. The van der Waals surface area contributed by atoms with Crippen LogP contribution in [0, 0.1) is 5.82 Å². The topological polar surface area (TPSA) is 60.2 Å². The molecule has 6 nitrogen and oxygen atoms in total. The van der Waals surface area contributed by atoms with Gasteiger partial charge in [0.1, 0.15) is 11.5 Å². The number of morpholine rings is 1. The molecule has 2 atom stereocenters. The number of nitrogens with zero attached hydrogens (tertiary/aromatic N) is 4. The Hall–Kier alpha value is -3.06. The van der Waals surface area contributed by atoms with Crippen LogP contribution in [0.2, 0.25) is 0 Å². The van der Waals surface area contributed by atoms with Crippen molar-refractivity contribution in [3.05, 3.63) is 60.4 Å². The maximum absolute atomic E-state index is 13.4. The van der Waals surface area contributed by atoms with Crippen LogP contribution >= 0.6 is 0 Å². The summed E-state index contributed by atoms with van der Waals surface area (Å²) in [7, 11) is 1.85. The third-order valence-corrected chi connectivity index (χ3v) is 5.00. The van der Waals surface area contributed by atoms with Crippen LogP contribution in [0.1, 0.15) is 24.3 Å². The van der Waals surface area contributed by atoms with Gasteiger partial charge in [-0.2, -0.15) is 0 Å². The zero-order valence-electron chi connectivity index (χ0n) is 16.7. The van der Waals surface area contributed by atoms with Gasteiger partial charge in [-0.25, -0.2) is 14.4 Å². The number of aryl methyl sites for hydroxylation is 1. The molecule has 4 rings (SSSR count). The van der Waals surface area contributed by atoms with Crippen LogP contribution < -0.4 is 0 Å². The number of aromatic nitrogens is 3. The Balaban J connectivity index is 1.57. The van der Waals surface area contributed by atoms with E-state index in [9.17, 15) is 9.18 Å². The number of hydrogen-bond acceptors (Lipinski definition) is 4. The predicted molar refractivity (Wildman–Crippen MR) is 108 cm³/mol. The summed E-state index contributed by atoms with van der Waals surface area (Å²) >= 11 is 0. The molecule has 1 aromatic carbocycles. The first-order valence-corrected chi connectivity index (χ1v) is 9.60. The third kappa shape index (κ3) is 4.05. The van der Waals surface area contributed by atoms with Gasteiger partial charge in [0.05, 0.1) is 12.2 Å². The van der Waals surface area contributed by atoms with E-state index in [4.69, 9.17) is 4.74 Å². The molecule has 2 aromatic heterocycles. The van der Waals surface area contributed by atoms with Crippen LogP contribution in [-0.4, -0.2) is 50.6 Å². The first-order valence-electron chi connectivity index (χ1n) is 9.60. The quantitative estimate of drug-likeness (QED) is 0.682. The van der Waals surface area contributed by atoms with Crippen molar-refractivity contribution in [3.8, 4) is 22.5 Å². The lowest BCUT2D eigenvalue weighted by Gasteiger charge is -2.35. The van der Waals surface area contributed by atoms with Crippen molar-refractivity contribution in [2.24, 2.45) is 7.05 Å². The number of ether oxygens (including phenoxy) is 1. The predicted octanol–water partition coefficient (Wildman–Crippen LogP) is 3.54. The van der Waals surface area contributed by atoms with Gasteiger partial charge in [0, 0.05) is 55.4 Å². The molecule has 1 aliphatic rings. The van der Waals surface area contributed by atoms with E-state index in [1.807, 2.05) is 42.6 Å². The summed E-state index contributed by atoms with van der Waals surface area (Å²) < 4.78 is 21.0. The first kappa shape index (κ1) is 19.3. The van der Waals surface area contributed by atoms with E-state index in [0.29, 0.717) is 30.2 Å². The van der Waals surface area contributed by atoms with Crippen molar-refractivity contribution in [1.82, 2.24) is 19.4 Å². The van der Waals surface area contributed by atoms with Gasteiger partial charge in [0.15, 0.2) is 5.82 Å². The molecule has 0 N–H and O–H groups in total. The minimum Gasteiger partial charge on any atom is -0.372 e. The first-order chi connectivity index (χ1) is 13.9. The molecule has 1 aliphatic heterocycles. The van der Waals surface area contributed by atoms with Gasteiger partial charge in [-0.1, -0.05) is 12.1 Å². The molecule has 0 unspecified atom stereocenters. The molecule has 0 spiro atoms. The summed E-state index contributed by atoms with van der Waals surface area (Å²) in [6.07, 6.45) is 5.31. The standard InChI is InChI=1S/C22H23FN4O2/c1-14-11-27(12-15(2)29-14)22(28)20-8-17(13-26(20)3)18-9-24-21(25-10-18)16-5-4-6-19(23)7-16/h4-10,13-15H,11-12H2,1-3H3/t14-,15-/m1/s1. The number of benzene rings is 1. The van der Waals surface area contributed by atoms with Crippen molar-refractivity contribution >= 4 is 5.91 Å². The number of carbonyl (C=O) groups is 1. The van der Waals surface area contributed by atoms with E-state index >= 15 is 0 Å². The van der Waals surface area contributed by atoms with Gasteiger partial charge in [-0.15, -0.1) is 0 Å². The molecule has 29 heavy (non-hydrogen) atoms. The lowest BCUT2D eigenvalue weighted by Crippen LogP contribution is -2.48. The van der Waals surface area contributed by atoms with E-state index in [2.05, 4.69) is 9.97 Å². The van der Waals surface area contributed by atoms with Gasteiger partial charge in [-0.3, -0.25) is 4.79 Å². The minimum absolute atomic E-state index is 0.0157. The Kier molecular flexibility index (Phi) is 5.15. The molecule has 1 fully saturated rings. The van der Waals surface area contributed by atoms with Crippen molar-refractivity contribution in [2.45, 2.75) is 26.1 Å². The van der Waals surface area contributed by atoms with Crippen molar-refractivity contribution in [3.63, 3.8) is 0 Å². The molecule has 150 valence electrons. The molecule has 1 amide bonds. The number of rotatable bonds is 3. The van der Waals surface area contributed by atoms with Crippen molar-refractivity contribution in [1.29, 1.82) is 0 Å². The molecule has 3 heterocycles. The van der Waals surface area contributed by atoms with Crippen molar-refractivity contribution in [2.75, 3.05) is 13.1 Å². The average molecular weight is 394 g/mol. The maximum atomic E-state index is 13.4. The van der Waals surface area contributed by atoms with E-state index in [1.54, 1.807) is 24.5 Å². The second-order valence-electron chi connectivity index (χ2n) is 7.50. The summed E-state index contributed by atoms with van der Waals surface area (Å²) in [5.74, 6) is 0.114. The highest BCUT2D eigenvalue weighted by atomic mass is 19.1. The van der Waals surface area contributed by atoms with Gasteiger partial charge in [0.2, 0.25) is 0 Å². The summed E-state index contributed by atoms with van der Waals surface area (Å²) in [4.78, 5) is 23.6. The summed E-state index contributed by atoms with van der Waals surface area (Å²) in [5, 5.41) is 0. The van der Waals surface area contributed by atoms with E-state index in [1.165, 1.54) is 12.1 Å². The third-order valence-electron chi connectivity index (χ3n) is 5.00. The highest BCUT2D eigenvalue weighted by Gasteiger charge is 2.28. The Labute approximate surface area is 169 Å². The smallest absolute Gasteiger partial charge is 0.270 e. The Morgan fingerprint density at radius 1 is 1.07 bits per heavy atom. The molecular weight excluding hydrogens is 371 g/mol. The number of amides is 1. The average Bonchev–Trinajstić information content (AvgIpc) is 3.08. The minimum atomic E-state index is -0.326. The Morgan fingerprint density at radius 2 is 1.76 bits per heavy atom. The molecule has 1 saturated heterocycles. The zero-order chi connectivity index (χ0) is 20.5. The van der Waals surface area contributed by atoms with Gasteiger partial charge < -0.3 is 14.2 Å². The van der Waals surface area contributed by atoms with Crippen LogP contribution in [0.5, 0.6) is 0 Å². The second kappa shape index (κ2) is 7.75. The lowest BCUT2D eigenvalue weighted by molar-refractivity contribution is -0.0588. The van der Waals surface area contributed by atoms with E-state index in [-0.39, 0.29) is 23.9 Å². The summed E-state index contributed by atoms with van der Waals surface area (Å²) in [6, 6.07) is 8.04. The summed E-state index contributed by atoms with van der Waals surface area (Å²) in [5.41, 5.74) is 2.88. The lowest BCUT2D eigenvalue weighted by atomic mass is 10.1. The van der Waals surface area contributed by atoms with Crippen LogP contribution in [0.4, 0.5) is 4.39 Å². The fourth-order valence-electron chi connectivity index (χ4n) is 3.69. The maximum Gasteiger partial charge on any atom is 0.270 e. The zero-order valence-corrected chi connectivity index (χ0v) is 16.7. The van der Waals surface area contributed by atoms with E-state index in [0.717, 1.165) is 11.1 Å². The summed E-state index contributed by atoms with van der Waals surface area (Å²) in [6.45, 7) is 5.11. The van der Waals surface area contributed by atoms with Gasteiger partial charge in [0.25, 0.3) is 5.91 Å². The van der Waals surface area contributed by atoms with Crippen molar-refractivity contribution < 1.29 is 13.9 Å². The largest absolute Gasteiger partial charge is 0.372 e. The molecular formula is C22H23FN4O2. The van der Waals surface area contributed by atoms with Crippen LogP contribution in [0.15, 0.2) is 48.9 Å².